The lowest BCUT2D eigenvalue weighted by Gasteiger charge is -2.29. The summed E-state index contributed by atoms with van der Waals surface area (Å²) < 4.78 is 13.6. The molecule has 2 aromatic carbocycles. The van der Waals surface area contributed by atoms with Gasteiger partial charge in [0.15, 0.2) is 11.5 Å². The summed E-state index contributed by atoms with van der Waals surface area (Å²) in [6.07, 6.45) is 7.57. The molecule has 6 heteroatoms. The number of anilines is 1. The molecular weight excluding hydrogens is 364 g/mol. The number of ether oxygens (including phenoxy) is 2. The van der Waals surface area contributed by atoms with Crippen LogP contribution in [0.1, 0.15) is 16.7 Å². The van der Waals surface area contributed by atoms with Crippen LogP contribution in [-0.2, 0) is 25.9 Å². The molecule has 6 nitrogen and oxygen atoms in total. The Morgan fingerprint density at radius 2 is 1.90 bits per heavy atom. The smallest absolute Gasteiger partial charge is 0.161 e. The van der Waals surface area contributed by atoms with E-state index in [1.807, 2.05) is 22.9 Å². The van der Waals surface area contributed by atoms with Gasteiger partial charge in [-0.2, -0.15) is 0 Å². The van der Waals surface area contributed by atoms with Crippen molar-refractivity contribution in [1.82, 2.24) is 14.5 Å². The summed E-state index contributed by atoms with van der Waals surface area (Å²) in [4.78, 5) is 6.56. The van der Waals surface area contributed by atoms with Gasteiger partial charge < -0.3 is 19.8 Å². The number of nitrogens with two attached hydrogens (primary N) is 1. The fourth-order valence-electron chi connectivity index (χ4n) is 3.74. The van der Waals surface area contributed by atoms with Crippen molar-refractivity contribution >= 4 is 5.69 Å². The van der Waals surface area contributed by atoms with Crippen molar-refractivity contribution in [3.8, 4) is 11.5 Å². The van der Waals surface area contributed by atoms with Gasteiger partial charge in [-0.25, -0.2) is 4.98 Å². The average Bonchev–Trinajstić information content (AvgIpc) is 3.26. The monoisotopic (exact) mass is 392 g/mol. The molecule has 152 valence electrons. The quantitative estimate of drug-likeness (QED) is 0.597. The number of hydrogen-bond acceptors (Lipinski definition) is 5. The van der Waals surface area contributed by atoms with Crippen molar-refractivity contribution in [2.24, 2.45) is 0 Å². The number of methoxy groups -OCH3 is 1. The summed E-state index contributed by atoms with van der Waals surface area (Å²) in [7, 11) is 1.70. The Morgan fingerprint density at radius 1 is 1.07 bits per heavy atom. The highest BCUT2D eigenvalue weighted by Crippen LogP contribution is 2.33. The van der Waals surface area contributed by atoms with Crippen molar-refractivity contribution < 1.29 is 9.47 Å². The van der Waals surface area contributed by atoms with Crippen LogP contribution in [0.5, 0.6) is 11.5 Å². The molecule has 1 aliphatic heterocycles. The first kappa shape index (κ1) is 19.3. The number of nitrogen functional groups attached to an aromatic ring is 1. The topological polar surface area (TPSA) is 65.5 Å². The highest BCUT2D eigenvalue weighted by molar-refractivity contribution is 5.48. The number of nitrogens with zero attached hydrogens (tertiary/aromatic N) is 3. The van der Waals surface area contributed by atoms with E-state index in [-0.39, 0.29) is 0 Å². The van der Waals surface area contributed by atoms with Crippen molar-refractivity contribution in [2.45, 2.75) is 25.9 Å². The van der Waals surface area contributed by atoms with Crippen LogP contribution < -0.4 is 15.2 Å². The second-order valence-corrected chi connectivity index (χ2v) is 7.44. The predicted octanol–water partition coefficient (Wildman–Crippen LogP) is 3.15. The van der Waals surface area contributed by atoms with Gasteiger partial charge in [-0.3, -0.25) is 4.90 Å². The van der Waals surface area contributed by atoms with Gasteiger partial charge in [0.05, 0.1) is 20.0 Å². The molecule has 0 amide bonds. The van der Waals surface area contributed by atoms with E-state index in [2.05, 4.69) is 34.1 Å². The second kappa shape index (κ2) is 9.01. The van der Waals surface area contributed by atoms with E-state index >= 15 is 0 Å². The Hall–Kier alpha value is -2.99. The number of rotatable bonds is 8. The van der Waals surface area contributed by atoms with Crippen LogP contribution in [0.25, 0.3) is 0 Å². The Labute approximate surface area is 171 Å². The molecule has 0 fully saturated rings. The molecule has 2 heterocycles. The first-order chi connectivity index (χ1) is 14.2. The lowest BCUT2D eigenvalue weighted by atomic mass is 9.98. The van der Waals surface area contributed by atoms with Gasteiger partial charge in [-0.1, -0.05) is 12.1 Å². The largest absolute Gasteiger partial charge is 0.493 e. The number of fused-ring (bicyclic) bond motifs is 1. The highest BCUT2D eigenvalue weighted by Gasteiger charge is 2.19. The van der Waals surface area contributed by atoms with Gasteiger partial charge in [0.25, 0.3) is 0 Å². The van der Waals surface area contributed by atoms with Gasteiger partial charge in [0.2, 0.25) is 0 Å². The van der Waals surface area contributed by atoms with Crippen LogP contribution in [-0.4, -0.2) is 41.3 Å². The molecule has 0 atom stereocenters. The van der Waals surface area contributed by atoms with Crippen molar-refractivity contribution in [1.29, 1.82) is 0 Å². The Morgan fingerprint density at radius 3 is 2.66 bits per heavy atom. The third kappa shape index (κ3) is 4.90. The molecule has 0 saturated heterocycles. The van der Waals surface area contributed by atoms with Gasteiger partial charge in [-0.05, 0) is 53.8 Å². The van der Waals surface area contributed by atoms with Crippen molar-refractivity contribution in [2.75, 3.05) is 32.5 Å². The number of imidazole rings is 1. The Balaban J connectivity index is 1.38. The van der Waals surface area contributed by atoms with Crippen LogP contribution in [0.15, 0.2) is 55.1 Å². The molecule has 4 rings (SSSR count). The fraction of sp³-hybridized carbons (Fsp3) is 0.348. The van der Waals surface area contributed by atoms with Gasteiger partial charge in [0.1, 0.15) is 6.61 Å². The number of benzene rings is 2. The molecule has 0 aliphatic carbocycles. The maximum Gasteiger partial charge on any atom is 0.161 e. The maximum atomic E-state index is 6.04. The van der Waals surface area contributed by atoms with Gasteiger partial charge in [-0.15, -0.1) is 0 Å². The van der Waals surface area contributed by atoms with E-state index in [4.69, 9.17) is 15.2 Å². The summed E-state index contributed by atoms with van der Waals surface area (Å²) in [6, 6.07) is 12.5. The van der Waals surface area contributed by atoms with E-state index in [9.17, 15) is 0 Å². The van der Waals surface area contributed by atoms with E-state index in [0.717, 1.165) is 56.2 Å². The van der Waals surface area contributed by atoms with Crippen LogP contribution in [0.4, 0.5) is 5.69 Å². The molecule has 3 aromatic rings. The fourth-order valence-corrected chi connectivity index (χ4v) is 3.74. The average molecular weight is 393 g/mol. The molecule has 0 saturated carbocycles. The zero-order chi connectivity index (χ0) is 20.1. The normalized spacial score (nSPS) is 13.8. The first-order valence-electron chi connectivity index (χ1n) is 10.1. The summed E-state index contributed by atoms with van der Waals surface area (Å²) in [5.41, 5.74) is 10.6. The Bertz CT molecular complexity index is 923. The minimum Gasteiger partial charge on any atom is -0.493 e. The van der Waals surface area contributed by atoms with Crippen molar-refractivity contribution in [3.63, 3.8) is 0 Å². The predicted molar refractivity (Wildman–Crippen MR) is 114 cm³/mol. The summed E-state index contributed by atoms with van der Waals surface area (Å²) in [6.45, 7) is 4.37. The maximum absolute atomic E-state index is 6.04. The van der Waals surface area contributed by atoms with Crippen LogP contribution in [0, 0.1) is 0 Å². The summed E-state index contributed by atoms with van der Waals surface area (Å²) in [5, 5.41) is 0. The third-order valence-corrected chi connectivity index (χ3v) is 5.44. The summed E-state index contributed by atoms with van der Waals surface area (Å²) >= 11 is 0. The molecule has 29 heavy (non-hydrogen) atoms. The lowest BCUT2D eigenvalue weighted by molar-refractivity contribution is 0.252. The molecule has 0 spiro atoms. The zero-order valence-electron chi connectivity index (χ0n) is 16.9. The molecule has 1 aliphatic rings. The van der Waals surface area contributed by atoms with E-state index < -0.39 is 0 Å². The standard InChI is InChI=1S/C23H28N4O2/c1-28-22-14-19-7-10-26(9-6-18-2-4-21(24)5-3-18)16-20(19)15-23(22)29-13-12-27-11-8-25-17-27/h2-5,8,11,14-15,17H,6-7,9-10,12-13,16,24H2,1H3. The molecule has 0 bridgehead atoms. The van der Waals surface area contributed by atoms with E-state index in [1.165, 1.54) is 16.7 Å². The van der Waals surface area contributed by atoms with E-state index in [0.29, 0.717) is 6.61 Å². The number of hydrogen-bond donors (Lipinski definition) is 1. The molecule has 0 radical (unpaired) electrons. The van der Waals surface area contributed by atoms with E-state index in [1.54, 1.807) is 19.6 Å². The van der Waals surface area contributed by atoms with Crippen LogP contribution in [0.2, 0.25) is 0 Å². The zero-order valence-corrected chi connectivity index (χ0v) is 16.9. The molecular formula is C23H28N4O2. The highest BCUT2D eigenvalue weighted by atomic mass is 16.5. The Kier molecular flexibility index (Phi) is 6.00. The van der Waals surface area contributed by atoms with Gasteiger partial charge >= 0.3 is 0 Å². The molecule has 0 unspecified atom stereocenters. The minimum atomic E-state index is 0.576. The minimum absolute atomic E-state index is 0.576. The second-order valence-electron chi connectivity index (χ2n) is 7.44. The molecule has 2 N–H and O–H groups in total. The SMILES string of the molecule is COc1cc2c(cc1OCCn1ccnc1)CN(CCc1ccc(N)cc1)CC2. The van der Waals surface area contributed by atoms with Crippen LogP contribution in [0.3, 0.4) is 0 Å². The van der Waals surface area contributed by atoms with Crippen molar-refractivity contribution in [3.05, 3.63) is 71.8 Å². The lowest BCUT2D eigenvalue weighted by Crippen LogP contribution is -2.32. The number of aromatic nitrogens is 2. The van der Waals surface area contributed by atoms with Gasteiger partial charge in [0, 0.05) is 37.7 Å². The first-order valence-corrected chi connectivity index (χ1v) is 10.1. The van der Waals surface area contributed by atoms with Crippen LogP contribution >= 0.6 is 0 Å². The third-order valence-electron chi connectivity index (χ3n) is 5.44. The summed E-state index contributed by atoms with van der Waals surface area (Å²) in [5.74, 6) is 1.62. The molecule has 1 aromatic heterocycles.